The number of alkyl carbamates (subject to hydrolysis) is 1. The van der Waals surface area contributed by atoms with E-state index in [9.17, 15) is 9.59 Å². The Kier molecular flexibility index (Phi) is 5.08. The molecule has 2 aliphatic rings. The Morgan fingerprint density at radius 3 is 2.62 bits per heavy atom. The molecule has 0 aromatic carbocycles. The Morgan fingerprint density at radius 2 is 2.00 bits per heavy atom. The van der Waals surface area contributed by atoms with Gasteiger partial charge >= 0.3 is 6.09 Å². The second-order valence-electron chi connectivity index (χ2n) is 6.14. The molecule has 1 saturated carbocycles. The number of nitrogens with one attached hydrogen (secondary N) is 1. The van der Waals surface area contributed by atoms with E-state index in [0.29, 0.717) is 12.0 Å². The fourth-order valence-electron chi connectivity index (χ4n) is 3.78. The van der Waals surface area contributed by atoms with Crippen molar-refractivity contribution in [3.8, 4) is 0 Å². The van der Waals surface area contributed by atoms with Gasteiger partial charge in [-0.1, -0.05) is 6.42 Å². The van der Waals surface area contributed by atoms with E-state index in [0.717, 1.165) is 12.8 Å². The number of hydrogen-bond acceptors (Lipinski definition) is 4. The fourth-order valence-corrected chi connectivity index (χ4v) is 3.78. The second-order valence-corrected chi connectivity index (χ2v) is 6.14. The lowest BCUT2D eigenvalue weighted by Crippen LogP contribution is -2.56. The summed E-state index contributed by atoms with van der Waals surface area (Å²) < 4.78 is 9.89. The number of hydrogen-bond donors (Lipinski definition) is 1. The lowest BCUT2D eigenvalue weighted by molar-refractivity contribution is -0.139. The van der Waals surface area contributed by atoms with Crippen LogP contribution < -0.4 is 5.32 Å². The van der Waals surface area contributed by atoms with Crippen LogP contribution in [-0.2, 0) is 14.3 Å². The molecule has 0 unspecified atom stereocenters. The summed E-state index contributed by atoms with van der Waals surface area (Å²) in [6.07, 6.45) is 3.50. The SMILES string of the molecule is COC(=O)N[C@H](C(=O)N1[C@H](C)C[C@@H]2CCC[C@@H]21)[C@H](C)OC. The summed E-state index contributed by atoms with van der Waals surface area (Å²) >= 11 is 0. The van der Waals surface area contributed by atoms with Crippen LogP contribution in [0.25, 0.3) is 0 Å². The van der Waals surface area contributed by atoms with Gasteiger partial charge in [0.2, 0.25) is 5.91 Å². The van der Waals surface area contributed by atoms with Crippen LogP contribution in [0.15, 0.2) is 0 Å². The van der Waals surface area contributed by atoms with Crippen LogP contribution in [0.3, 0.4) is 0 Å². The summed E-state index contributed by atoms with van der Waals surface area (Å²) in [5.41, 5.74) is 0. The van der Waals surface area contributed by atoms with E-state index in [-0.39, 0.29) is 11.9 Å². The van der Waals surface area contributed by atoms with E-state index in [1.165, 1.54) is 27.1 Å². The molecule has 6 heteroatoms. The highest BCUT2D eigenvalue weighted by Gasteiger charge is 2.46. The molecule has 1 saturated heterocycles. The Morgan fingerprint density at radius 1 is 1.29 bits per heavy atom. The van der Waals surface area contributed by atoms with Crippen molar-refractivity contribution in [2.45, 2.75) is 63.8 Å². The number of ether oxygens (including phenoxy) is 2. The second kappa shape index (κ2) is 6.64. The van der Waals surface area contributed by atoms with E-state index in [4.69, 9.17) is 4.74 Å². The number of methoxy groups -OCH3 is 2. The largest absolute Gasteiger partial charge is 0.453 e. The molecule has 1 N–H and O–H groups in total. The van der Waals surface area contributed by atoms with Crippen LogP contribution in [0.5, 0.6) is 0 Å². The van der Waals surface area contributed by atoms with Gasteiger partial charge in [0.1, 0.15) is 6.04 Å². The normalized spacial score (nSPS) is 30.7. The minimum absolute atomic E-state index is 0.0587. The summed E-state index contributed by atoms with van der Waals surface area (Å²) in [6, 6.07) is -0.165. The quantitative estimate of drug-likeness (QED) is 0.855. The standard InChI is InChI=1S/C15H26N2O4/c1-9-8-11-6-5-7-12(11)17(9)14(18)13(10(2)20-3)16-15(19)21-4/h9-13H,5-8H2,1-4H3,(H,16,19)/t9-,10+,11+,12+,13+/m1/s1. The number of rotatable bonds is 4. The highest BCUT2D eigenvalue weighted by Crippen LogP contribution is 2.41. The van der Waals surface area contributed by atoms with Crippen molar-refractivity contribution < 1.29 is 19.1 Å². The zero-order valence-electron chi connectivity index (χ0n) is 13.3. The number of amides is 2. The fraction of sp³-hybridized carbons (Fsp3) is 0.867. The summed E-state index contributed by atoms with van der Waals surface area (Å²) in [5.74, 6) is 0.553. The highest BCUT2D eigenvalue weighted by molar-refractivity contribution is 5.87. The zero-order chi connectivity index (χ0) is 15.6. The third-order valence-electron chi connectivity index (χ3n) is 4.92. The zero-order valence-corrected chi connectivity index (χ0v) is 13.3. The van der Waals surface area contributed by atoms with Crippen molar-refractivity contribution in [3.63, 3.8) is 0 Å². The predicted octanol–water partition coefficient (Wildman–Crippen LogP) is 1.54. The number of carbonyl (C=O) groups excluding carboxylic acids is 2. The van der Waals surface area contributed by atoms with Gasteiger partial charge in [0.25, 0.3) is 0 Å². The summed E-state index contributed by atoms with van der Waals surface area (Å²) in [5, 5.41) is 2.62. The van der Waals surface area contributed by atoms with Crippen molar-refractivity contribution in [1.29, 1.82) is 0 Å². The average Bonchev–Trinajstić information content (AvgIpc) is 3.02. The monoisotopic (exact) mass is 298 g/mol. The minimum atomic E-state index is -0.704. The van der Waals surface area contributed by atoms with Gasteiger partial charge in [-0.05, 0) is 39.0 Å². The molecule has 1 heterocycles. The van der Waals surface area contributed by atoms with Gasteiger partial charge in [-0.25, -0.2) is 4.79 Å². The average molecular weight is 298 g/mol. The Bertz CT molecular complexity index is 401. The molecule has 0 aromatic heterocycles. The van der Waals surface area contributed by atoms with Crippen LogP contribution >= 0.6 is 0 Å². The third kappa shape index (κ3) is 3.15. The maximum Gasteiger partial charge on any atom is 0.407 e. The van der Waals surface area contributed by atoms with Gasteiger partial charge in [-0.2, -0.15) is 0 Å². The molecule has 120 valence electrons. The minimum Gasteiger partial charge on any atom is -0.453 e. The lowest BCUT2D eigenvalue weighted by Gasteiger charge is -2.33. The predicted molar refractivity (Wildman–Crippen MR) is 77.9 cm³/mol. The first-order valence-corrected chi connectivity index (χ1v) is 7.69. The van der Waals surface area contributed by atoms with Crippen molar-refractivity contribution in [2.24, 2.45) is 5.92 Å². The molecule has 2 amide bonds. The van der Waals surface area contributed by atoms with Gasteiger partial charge in [-0.15, -0.1) is 0 Å². The molecular formula is C15H26N2O4. The number of fused-ring (bicyclic) bond motifs is 1. The van der Waals surface area contributed by atoms with Crippen LogP contribution in [-0.4, -0.2) is 55.3 Å². The molecule has 1 aliphatic heterocycles. The summed E-state index contributed by atoms with van der Waals surface area (Å²) in [6.45, 7) is 3.87. The Balaban J connectivity index is 2.14. The third-order valence-corrected chi connectivity index (χ3v) is 4.92. The summed E-state index contributed by atoms with van der Waals surface area (Å²) in [4.78, 5) is 26.4. The smallest absolute Gasteiger partial charge is 0.407 e. The van der Waals surface area contributed by atoms with E-state index in [2.05, 4.69) is 17.0 Å². The summed E-state index contributed by atoms with van der Waals surface area (Å²) in [7, 11) is 2.83. The van der Waals surface area contributed by atoms with Crippen molar-refractivity contribution >= 4 is 12.0 Å². The maximum absolute atomic E-state index is 12.9. The molecule has 0 radical (unpaired) electrons. The number of nitrogens with zero attached hydrogens (tertiary/aromatic N) is 1. The molecular weight excluding hydrogens is 272 g/mol. The van der Waals surface area contributed by atoms with Crippen molar-refractivity contribution in [2.75, 3.05) is 14.2 Å². The molecule has 5 atom stereocenters. The van der Waals surface area contributed by atoms with Crippen LogP contribution in [0.1, 0.15) is 39.5 Å². The van der Waals surface area contributed by atoms with Gasteiger partial charge in [0.15, 0.2) is 0 Å². The Labute approximate surface area is 126 Å². The van der Waals surface area contributed by atoms with E-state index < -0.39 is 18.2 Å². The number of carbonyl (C=O) groups is 2. The Hall–Kier alpha value is -1.30. The molecule has 2 fully saturated rings. The first-order valence-electron chi connectivity index (χ1n) is 7.69. The molecule has 1 aliphatic carbocycles. The molecule has 6 nitrogen and oxygen atoms in total. The highest BCUT2D eigenvalue weighted by atomic mass is 16.5. The lowest BCUT2D eigenvalue weighted by atomic mass is 10.0. The molecule has 21 heavy (non-hydrogen) atoms. The van der Waals surface area contributed by atoms with Crippen LogP contribution in [0.4, 0.5) is 4.79 Å². The first-order chi connectivity index (χ1) is 9.99. The van der Waals surface area contributed by atoms with Gasteiger partial charge in [0, 0.05) is 19.2 Å². The molecule has 0 spiro atoms. The van der Waals surface area contributed by atoms with E-state index in [1.54, 1.807) is 6.92 Å². The maximum atomic E-state index is 12.9. The molecule has 0 aromatic rings. The number of likely N-dealkylation sites (tertiary alicyclic amines) is 1. The van der Waals surface area contributed by atoms with Gasteiger partial charge in [-0.3, -0.25) is 4.79 Å². The van der Waals surface area contributed by atoms with E-state index in [1.807, 2.05) is 4.90 Å². The molecule has 0 bridgehead atoms. The van der Waals surface area contributed by atoms with Gasteiger partial charge in [0.05, 0.1) is 13.2 Å². The van der Waals surface area contributed by atoms with Gasteiger partial charge < -0.3 is 19.7 Å². The van der Waals surface area contributed by atoms with Crippen LogP contribution in [0, 0.1) is 5.92 Å². The molecule has 2 rings (SSSR count). The van der Waals surface area contributed by atoms with Crippen molar-refractivity contribution in [1.82, 2.24) is 10.2 Å². The van der Waals surface area contributed by atoms with Crippen molar-refractivity contribution in [3.05, 3.63) is 0 Å². The topological polar surface area (TPSA) is 67.9 Å². The first kappa shape index (κ1) is 16.1. The van der Waals surface area contributed by atoms with E-state index >= 15 is 0 Å². The van der Waals surface area contributed by atoms with Crippen LogP contribution in [0.2, 0.25) is 0 Å².